The highest BCUT2D eigenvalue weighted by atomic mass is 127. The van der Waals surface area contributed by atoms with Gasteiger partial charge in [-0.1, -0.05) is 19.9 Å². The van der Waals surface area contributed by atoms with Crippen molar-refractivity contribution in [1.82, 2.24) is 14.9 Å². The van der Waals surface area contributed by atoms with Gasteiger partial charge in [0.05, 0.1) is 5.75 Å². The molecule has 0 unspecified atom stereocenters. The summed E-state index contributed by atoms with van der Waals surface area (Å²) in [6, 6.07) is 6.91. The van der Waals surface area contributed by atoms with Crippen molar-refractivity contribution >= 4 is 45.6 Å². The van der Waals surface area contributed by atoms with Crippen molar-refractivity contribution in [1.29, 1.82) is 0 Å². The smallest absolute Gasteiger partial charge is 0.215 e. The predicted molar refractivity (Wildman–Crippen MR) is 128 cm³/mol. The summed E-state index contributed by atoms with van der Waals surface area (Å²) in [7, 11) is -1.57. The van der Waals surface area contributed by atoms with Gasteiger partial charge in [-0.25, -0.2) is 17.1 Å². The van der Waals surface area contributed by atoms with Crippen LogP contribution in [0.2, 0.25) is 0 Å². The highest BCUT2D eigenvalue weighted by Gasteiger charge is 2.21. The zero-order valence-corrected chi connectivity index (χ0v) is 20.5. The van der Waals surface area contributed by atoms with E-state index in [4.69, 9.17) is 0 Å². The van der Waals surface area contributed by atoms with Crippen LogP contribution in [0, 0.1) is 5.82 Å². The highest BCUT2D eigenvalue weighted by molar-refractivity contribution is 14.0. The van der Waals surface area contributed by atoms with Crippen molar-refractivity contribution in [2.45, 2.75) is 32.7 Å². The van der Waals surface area contributed by atoms with E-state index in [2.05, 4.69) is 20.5 Å². The molecule has 1 aliphatic rings. The van der Waals surface area contributed by atoms with Gasteiger partial charge >= 0.3 is 0 Å². The lowest BCUT2D eigenvalue weighted by atomic mass is 10.0. The molecule has 29 heavy (non-hydrogen) atoms. The molecule has 0 aliphatic carbocycles. The molecule has 0 spiro atoms. The van der Waals surface area contributed by atoms with E-state index in [0.717, 1.165) is 31.6 Å². The van der Waals surface area contributed by atoms with Gasteiger partial charge in [-0.05, 0) is 31.0 Å². The number of guanidine groups is 1. The molecule has 0 aromatic heterocycles. The predicted octanol–water partition coefficient (Wildman–Crippen LogP) is 2.25. The summed E-state index contributed by atoms with van der Waals surface area (Å²) in [5, 5.41) is 6.46. The molecule has 10 heteroatoms. The van der Waals surface area contributed by atoms with Crippen molar-refractivity contribution in [3.8, 4) is 0 Å². The molecular formula is C19H33FIN5O2S. The summed E-state index contributed by atoms with van der Waals surface area (Å²) in [4.78, 5) is 6.37. The molecule has 1 heterocycles. The largest absolute Gasteiger partial charge is 0.371 e. The van der Waals surface area contributed by atoms with Crippen LogP contribution in [-0.2, 0) is 10.0 Å². The van der Waals surface area contributed by atoms with Crippen molar-refractivity contribution < 1.29 is 12.8 Å². The molecule has 166 valence electrons. The fourth-order valence-corrected chi connectivity index (χ4v) is 4.79. The molecule has 1 saturated heterocycles. The van der Waals surface area contributed by atoms with Crippen LogP contribution in [0.5, 0.6) is 0 Å². The SMILES string of the molecule is CCN(CC)S(=O)(=O)CCNC(=NC)NC1CCN(c2cccc(F)c2)CC1.I. The zero-order chi connectivity index (χ0) is 20.6. The third-order valence-electron chi connectivity index (χ3n) is 4.98. The van der Waals surface area contributed by atoms with Crippen LogP contribution in [0.15, 0.2) is 29.3 Å². The van der Waals surface area contributed by atoms with Crippen molar-refractivity contribution in [3.63, 3.8) is 0 Å². The minimum absolute atomic E-state index is 0. The quantitative estimate of drug-likeness (QED) is 0.300. The number of benzene rings is 1. The maximum Gasteiger partial charge on any atom is 0.215 e. The Morgan fingerprint density at radius 3 is 2.48 bits per heavy atom. The second-order valence-corrected chi connectivity index (χ2v) is 8.87. The lowest BCUT2D eigenvalue weighted by molar-refractivity contribution is 0.444. The van der Waals surface area contributed by atoms with E-state index >= 15 is 0 Å². The summed E-state index contributed by atoms with van der Waals surface area (Å²) in [6.45, 7) is 6.60. The molecule has 0 atom stereocenters. The Bertz CT molecular complexity index is 751. The van der Waals surface area contributed by atoms with Gasteiger partial charge in [0.2, 0.25) is 10.0 Å². The highest BCUT2D eigenvalue weighted by Crippen LogP contribution is 2.20. The summed E-state index contributed by atoms with van der Waals surface area (Å²) < 4.78 is 39.4. The molecule has 0 amide bonds. The number of hydrogen-bond acceptors (Lipinski definition) is 4. The second-order valence-electron chi connectivity index (χ2n) is 6.78. The Hall–Kier alpha value is -1.14. The van der Waals surface area contributed by atoms with Gasteiger partial charge in [-0.3, -0.25) is 4.99 Å². The van der Waals surface area contributed by atoms with E-state index in [1.165, 1.54) is 10.4 Å². The Morgan fingerprint density at radius 2 is 1.93 bits per heavy atom. The van der Waals surface area contributed by atoms with Crippen molar-refractivity contribution in [2.75, 3.05) is 50.4 Å². The monoisotopic (exact) mass is 541 g/mol. The number of halogens is 2. The second kappa shape index (κ2) is 12.5. The van der Waals surface area contributed by atoms with Gasteiger partial charge in [0, 0.05) is 51.5 Å². The molecule has 0 bridgehead atoms. The van der Waals surface area contributed by atoms with E-state index in [-0.39, 0.29) is 41.6 Å². The van der Waals surface area contributed by atoms with Gasteiger partial charge in [0.15, 0.2) is 5.96 Å². The molecule has 1 fully saturated rings. The summed E-state index contributed by atoms with van der Waals surface area (Å²) in [5.74, 6) is 0.425. The van der Waals surface area contributed by atoms with E-state index in [1.807, 2.05) is 19.9 Å². The molecule has 1 aromatic rings. The molecular weight excluding hydrogens is 508 g/mol. The van der Waals surface area contributed by atoms with E-state index < -0.39 is 10.0 Å². The average Bonchev–Trinajstić information content (AvgIpc) is 2.68. The first-order chi connectivity index (χ1) is 13.4. The maximum atomic E-state index is 13.4. The fourth-order valence-electron chi connectivity index (χ4n) is 3.39. The van der Waals surface area contributed by atoms with Gasteiger partial charge in [-0.2, -0.15) is 0 Å². The number of nitrogens with zero attached hydrogens (tertiary/aromatic N) is 3. The Balaban J connectivity index is 0.00000420. The standard InChI is InChI=1S/C19H32FN5O2S.HI/c1-4-25(5-2)28(26,27)14-11-22-19(21-3)23-17-9-12-24(13-10-17)18-8-6-7-16(20)15-18;/h6-8,15,17H,4-5,9-14H2,1-3H3,(H2,21,22,23);1H. The maximum absolute atomic E-state index is 13.4. The molecule has 1 aromatic carbocycles. The Labute approximate surface area is 191 Å². The van der Waals surface area contributed by atoms with Gasteiger partial charge < -0.3 is 15.5 Å². The van der Waals surface area contributed by atoms with E-state index in [0.29, 0.717) is 25.6 Å². The third kappa shape index (κ3) is 7.89. The topological polar surface area (TPSA) is 77.0 Å². The number of piperidine rings is 1. The number of hydrogen-bond donors (Lipinski definition) is 2. The first kappa shape index (κ1) is 25.9. The van der Waals surface area contributed by atoms with E-state index in [9.17, 15) is 12.8 Å². The first-order valence-corrected chi connectivity index (χ1v) is 11.5. The van der Waals surface area contributed by atoms with Crippen LogP contribution in [-0.4, -0.2) is 70.2 Å². The average molecular weight is 541 g/mol. The van der Waals surface area contributed by atoms with Crippen LogP contribution in [0.25, 0.3) is 0 Å². The molecule has 2 rings (SSSR count). The third-order valence-corrected chi connectivity index (χ3v) is 7.01. The van der Waals surface area contributed by atoms with Crippen LogP contribution in [0.1, 0.15) is 26.7 Å². The molecule has 0 saturated carbocycles. The molecule has 1 aliphatic heterocycles. The molecule has 2 N–H and O–H groups in total. The molecule has 0 radical (unpaired) electrons. The number of sulfonamides is 1. The van der Waals surface area contributed by atoms with Gasteiger partial charge in [-0.15, -0.1) is 24.0 Å². The van der Waals surface area contributed by atoms with Crippen LogP contribution in [0.3, 0.4) is 0 Å². The number of aliphatic imine (C=N–C) groups is 1. The van der Waals surface area contributed by atoms with Crippen molar-refractivity contribution in [3.05, 3.63) is 30.1 Å². The summed E-state index contributed by atoms with van der Waals surface area (Å²) in [5.41, 5.74) is 0.905. The van der Waals surface area contributed by atoms with E-state index in [1.54, 1.807) is 19.2 Å². The van der Waals surface area contributed by atoms with Crippen LogP contribution < -0.4 is 15.5 Å². The zero-order valence-electron chi connectivity index (χ0n) is 17.4. The molecule has 7 nitrogen and oxygen atoms in total. The minimum atomic E-state index is -3.25. The van der Waals surface area contributed by atoms with Crippen LogP contribution >= 0.6 is 24.0 Å². The van der Waals surface area contributed by atoms with Crippen LogP contribution in [0.4, 0.5) is 10.1 Å². The summed E-state index contributed by atoms with van der Waals surface area (Å²) in [6.07, 6.45) is 1.80. The number of anilines is 1. The fraction of sp³-hybridized carbons (Fsp3) is 0.632. The lowest BCUT2D eigenvalue weighted by Gasteiger charge is -2.34. The van der Waals surface area contributed by atoms with Gasteiger partial charge in [0.25, 0.3) is 0 Å². The normalized spacial score (nSPS) is 15.9. The minimum Gasteiger partial charge on any atom is -0.371 e. The summed E-state index contributed by atoms with van der Waals surface area (Å²) >= 11 is 0. The van der Waals surface area contributed by atoms with Gasteiger partial charge in [0.1, 0.15) is 5.82 Å². The Morgan fingerprint density at radius 1 is 1.28 bits per heavy atom. The first-order valence-electron chi connectivity index (χ1n) is 9.85. The Kier molecular flexibility index (Phi) is 11.2. The lowest BCUT2D eigenvalue weighted by Crippen LogP contribution is -2.49. The number of rotatable bonds is 8. The van der Waals surface area contributed by atoms with Crippen molar-refractivity contribution in [2.24, 2.45) is 4.99 Å². The number of nitrogens with one attached hydrogen (secondary N) is 2.